The van der Waals surface area contributed by atoms with Crippen LogP contribution in [0.25, 0.3) is 0 Å². The Morgan fingerprint density at radius 1 is 1.50 bits per heavy atom. The first-order valence-corrected chi connectivity index (χ1v) is 3.93. The fraction of sp³-hybridized carbons (Fsp3) is 0.875. The molecule has 2 nitrogen and oxygen atoms in total. The Hall–Kier alpha value is -0.530. The second kappa shape index (κ2) is 3.04. The van der Waals surface area contributed by atoms with Crippen LogP contribution in [0, 0.1) is 5.92 Å². The number of aliphatic imine (C=N–C) groups is 1. The number of hydrogen-bond donors (Lipinski definition) is 0. The van der Waals surface area contributed by atoms with Crippen molar-refractivity contribution in [2.75, 3.05) is 20.6 Å². The van der Waals surface area contributed by atoms with E-state index in [0.29, 0.717) is 5.92 Å². The molecule has 1 aliphatic heterocycles. The van der Waals surface area contributed by atoms with E-state index in [1.807, 2.05) is 0 Å². The maximum absolute atomic E-state index is 4.45. The van der Waals surface area contributed by atoms with Crippen molar-refractivity contribution < 1.29 is 0 Å². The monoisotopic (exact) mass is 140 g/mol. The van der Waals surface area contributed by atoms with Gasteiger partial charge in [0.05, 0.1) is 0 Å². The highest BCUT2D eigenvalue weighted by Gasteiger charge is 2.15. The normalized spacial score (nSPS) is 25.9. The molecule has 0 saturated heterocycles. The molecule has 0 N–H and O–H groups in total. The number of amidine groups is 1. The van der Waals surface area contributed by atoms with Crippen LogP contribution in [0.2, 0.25) is 0 Å². The lowest BCUT2D eigenvalue weighted by Crippen LogP contribution is -2.31. The Bertz CT molecular complexity index is 138. The molecule has 0 radical (unpaired) electrons. The van der Waals surface area contributed by atoms with Gasteiger partial charge in [-0.05, 0) is 12.8 Å². The van der Waals surface area contributed by atoms with Crippen molar-refractivity contribution in [3.63, 3.8) is 0 Å². The zero-order valence-electron chi connectivity index (χ0n) is 7.09. The van der Waals surface area contributed by atoms with Gasteiger partial charge in [-0.1, -0.05) is 6.92 Å². The van der Waals surface area contributed by atoms with Gasteiger partial charge in [0.2, 0.25) is 0 Å². The van der Waals surface area contributed by atoms with E-state index >= 15 is 0 Å². The summed E-state index contributed by atoms with van der Waals surface area (Å²) in [6, 6.07) is 0. The lowest BCUT2D eigenvalue weighted by atomic mass is 10.0. The molecule has 0 saturated carbocycles. The molecular formula is C8H16N2. The quantitative estimate of drug-likeness (QED) is 0.496. The minimum absolute atomic E-state index is 0.670. The number of nitrogens with zero attached hydrogens (tertiary/aromatic N) is 2. The van der Waals surface area contributed by atoms with Crippen molar-refractivity contribution in [3.05, 3.63) is 0 Å². The molecular weight excluding hydrogens is 124 g/mol. The highest BCUT2D eigenvalue weighted by Crippen LogP contribution is 2.14. The Labute approximate surface area is 62.9 Å². The van der Waals surface area contributed by atoms with Crippen LogP contribution in [0.5, 0.6) is 0 Å². The molecule has 1 aliphatic rings. The van der Waals surface area contributed by atoms with E-state index in [-0.39, 0.29) is 0 Å². The summed E-state index contributed by atoms with van der Waals surface area (Å²) in [5.41, 5.74) is 0. The van der Waals surface area contributed by atoms with E-state index in [1.165, 1.54) is 18.7 Å². The molecule has 1 unspecified atom stereocenters. The van der Waals surface area contributed by atoms with E-state index in [9.17, 15) is 0 Å². The first-order chi connectivity index (χ1) is 4.72. The summed E-state index contributed by atoms with van der Waals surface area (Å²) in [6.07, 6.45) is 2.56. The Morgan fingerprint density at radius 2 is 2.20 bits per heavy atom. The lowest BCUT2D eigenvalue weighted by Gasteiger charge is -2.25. The zero-order chi connectivity index (χ0) is 7.56. The molecule has 0 aromatic rings. The standard InChI is InChI=1S/C8H16N2/c1-7-5-4-6-9-8(7)10(2)3/h7H,4-6H2,1-3H3. The molecule has 58 valence electrons. The van der Waals surface area contributed by atoms with Gasteiger partial charge >= 0.3 is 0 Å². The molecule has 0 spiro atoms. The molecule has 0 aromatic carbocycles. The summed E-state index contributed by atoms with van der Waals surface area (Å²) in [5.74, 6) is 1.94. The molecule has 2 heteroatoms. The van der Waals surface area contributed by atoms with Crippen LogP contribution < -0.4 is 0 Å². The van der Waals surface area contributed by atoms with Gasteiger partial charge in [0.1, 0.15) is 5.84 Å². The topological polar surface area (TPSA) is 15.6 Å². The largest absolute Gasteiger partial charge is 0.366 e. The molecule has 1 rings (SSSR count). The fourth-order valence-corrected chi connectivity index (χ4v) is 1.46. The van der Waals surface area contributed by atoms with Crippen LogP contribution in [0.15, 0.2) is 4.99 Å². The minimum atomic E-state index is 0.670. The van der Waals surface area contributed by atoms with E-state index in [2.05, 4.69) is 30.9 Å². The van der Waals surface area contributed by atoms with Gasteiger partial charge in [0, 0.05) is 26.6 Å². The highest BCUT2D eigenvalue weighted by molar-refractivity contribution is 5.84. The van der Waals surface area contributed by atoms with Gasteiger partial charge in [0.25, 0.3) is 0 Å². The average Bonchev–Trinajstić information content (AvgIpc) is 1.88. The van der Waals surface area contributed by atoms with Gasteiger partial charge in [-0.15, -0.1) is 0 Å². The van der Waals surface area contributed by atoms with Crippen LogP contribution in [0.1, 0.15) is 19.8 Å². The predicted molar refractivity (Wildman–Crippen MR) is 44.4 cm³/mol. The van der Waals surface area contributed by atoms with Crippen LogP contribution >= 0.6 is 0 Å². The number of rotatable bonds is 0. The molecule has 0 amide bonds. The third-order valence-electron chi connectivity index (χ3n) is 1.97. The third-order valence-corrected chi connectivity index (χ3v) is 1.97. The summed E-state index contributed by atoms with van der Waals surface area (Å²) >= 11 is 0. The fourth-order valence-electron chi connectivity index (χ4n) is 1.46. The van der Waals surface area contributed by atoms with Gasteiger partial charge < -0.3 is 4.90 Å². The van der Waals surface area contributed by atoms with E-state index < -0.39 is 0 Å². The van der Waals surface area contributed by atoms with Gasteiger partial charge in [0.15, 0.2) is 0 Å². The van der Waals surface area contributed by atoms with Crippen molar-refractivity contribution >= 4 is 5.84 Å². The predicted octanol–water partition coefficient (Wildman–Crippen LogP) is 1.38. The van der Waals surface area contributed by atoms with Crippen molar-refractivity contribution in [1.82, 2.24) is 4.90 Å². The van der Waals surface area contributed by atoms with Crippen LogP contribution in [-0.2, 0) is 0 Å². The minimum Gasteiger partial charge on any atom is -0.366 e. The van der Waals surface area contributed by atoms with Crippen LogP contribution in [0.3, 0.4) is 0 Å². The summed E-state index contributed by atoms with van der Waals surface area (Å²) in [7, 11) is 4.14. The lowest BCUT2D eigenvalue weighted by molar-refractivity contribution is 0.504. The number of hydrogen-bond acceptors (Lipinski definition) is 2. The summed E-state index contributed by atoms with van der Waals surface area (Å²) in [6.45, 7) is 3.27. The molecule has 1 heterocycles. The van der Waals surface area contributed by atoms with Crippen molar-refractivity contribution in [2.45, 2.75) is 19.8 Å². The molecule has 0 aromatic heterocycles. The Morgan fingerprint density at radius 3 is 2.60 bits per heavy atom. The first kappa shape index (κ1) is 7.58. The first-order valence-electron chi connectivity index (χ1n) is 3.93. The van der Waals surface area contributed by atoms with E-state index in [1.54, 1.807) is 0 Å². The van der Waals surface area contributed by atoms with Crippen molar-refractivity contribution in [3.8, 4) is 0 Å². The third kappa shape index (κ3) is 1.49. The maximum Gasteiger partial charge on any atom is 0.101 e. The Balaban J connectivity index is 2.61. The van der Waals surface area contributed by atoms with Gasteiger partial charge in [-0.25, -0.2) is 0 Å². The van der Waals surface area contributed by atoms with Crippen LogP contribution in [0.4, 0.5) is 0 Å². The van der Waals surface area contributed by atoms with Gasteiger partial charge in [-0.2, -0.15) is 0 Å². The molecule has 0 bridgehead atoms. The molecule has 10 heavy (non-hydrogen) atoms. The second-order valence-electron chi connectivity index (χ2n) is 3.18. The molecule has 0 aliphatic carbocycles. The SMILES string of the molecule is CC1CCCN=C1N(C)C. The van der Waals surface area contributed by atoms with Gasteiger partial charge in [-0.3, -0.25) is 4.99 Å². The molecule has 0 fully saturated rings. The summed E-state index contributed by atoms with van der Waals surface area (Å²) < 4.78 is 0. The molecule has 1 atom stereocenters. The summed E-state index contributed by atoms with van der Waals surface area (Å²) in [4.78, 5) is 6.58. The van der Waals surface area contributed by atoms with Crippen LogP contribution in [-0.4, -0.2) is 31.4 Å². The second-order valence-corrected chi connectivity index (χ2v) is 3.18. The van der Waals surface area contributed by atoms with Crippen molar-refractivity contribution in [1.29, 1.82) is 0 Å². The smallest absolute Gasteiger partial charge is 0.101 e. The summed E-state index contributed by atoms with van der Waals surface area (Å²) in [5, 5.41) is 0. The average molecular weight is 140 g/mol. The van der Waals surface area contributed by atoms with E-state index in [4.69, 9.17) is 0 Å². The van der Waals surface area contributed by atoms with E-state index in [0.717, 1.165) is 6.54 Å². The highest BCUT2D eigenvalue weighted by atomic mass is 15.1. The maximum atomic E-state index is 4.45. The zero-order valence-corrected chi connectivity index (χ0v) is 7.09. The Kier molecular flexibility index (Phi) is 2.30. The van der Waals surface area contributed by atoms with Crippen molar-refractivity contribution in [2.24, 2.45) is 10.9 Å².